The number of sulfone groups is 1. The Balaban J connectivity index is 1.66. The van der Waals surface area contributed by atoms with Crippen LogP contribution in [0.5, 0.6) is 0 Å². The van der Waals surface area contributed by atoms with Crippen molar-refractivity contribution in [3.63, 3.8) is 0 Å². The van der Waals surface area contributed by atoms with Crippen molar-refractivity contribution in [3.8, 4) is 0 Å². The number of nitrogens with one attached hydrogen (secondary N) is 2. The van der Waals surface area contributed by atoms with Crippen molar-refractivity contribution in [1.82, 2.24) is 11.1 Å². The van der Waals surface area contributed by atoms with Gasteiger partial charge in [-0.05, 0) is 48.2 Å². The molecular formula is C28H41N2O3S. The average molecular weight is 486 g/mol. The van der Waals surface area contributed by atoms with Crippen molar-refractivity contribution >= 4 is 15.7 Å². The molecule has 0 bridgehead atoms. The number of rotatable bonds is 16. The van der Waals surface area contributed by atoms with Crippen LogP contribution in [0.1, 0.15) is 98.7 Å². The van der Waals surface area contributed by atoms with Crippen LogP contribution in [0.25, 0.3) is 0 Å². The molecule has 1 radical (unpaired) electrons. The summed E-state index contributed by atoms with van der Waals surface area (Å²) in [5, 5.41) is 3.00. The van der Waals surface area contributed by atoms with Gasteiger partial charge in [-0.2, -0.15) is 0 Å². The number of carbonyl (C=O) groups excluding carboxylic acids is 1. The standard InChI is InChI=1S/C28H41N2O3S/c1-3-4-5-6-7-8-9-10-11-12-21-30-28(31)25-15-13-23(14-16-25)22-27(29)24-17-19-26(20-18-24)34(2,32)33/h13-20,27,29H,3-12,21-22H2,1-2H3,(H,30,31). The van der Waals surface area contributed by atoms with Crippen LogP contribution < -0.4 is 11.1 Å². The largest absolute Gasteiger partial charge is 0.352 e. The van der Waals surface area contributed by atoms with Gasteiger partial charge in [-0.25, -0.2) is 14.2 Å². The smallest absolute Gasteiger partial charge is 0.251 e. The SMILES string of the molecule is CCCCCCCCCCCCNC(=O)c1ccc(CC([NH])c2ccc(S(C)(=O)=O)cc2)cc1. The molecule has 0 spiro atoms. The predicted octanol–water partition coefficient (Wildman–Crippen LogP) is 6.31. The molecule has 2 aromatic carbocycles. The van der Waals surface area contributed by atoms with E-state index in [1.807, 2.05) is 24.3 Å². The molecule has 0 aliphatic rings. The Morgan fingerprint density at radius 3 is 1.88 bits per heavy atom. The molecule has 34 heavy (non-hydrogen) atoms. The predicted molar refractivity (Wildman–Crippen MR) is 140 cm³/mol. The van der Waals surface area contributed by atoms with E-state index in [2.05, 4.69) is 12.2 Å². The molecule has 6 heteroatoms. The number of hydrogen-bond donors (Lipinski definition) is 1. The van der Waals surface area contributed by atoms with Crippen LogP contribution in [-0.2, 0) is 16.3 Å². The van der Waals surface area contributed by atoms with E-state index in [0.717, 1.165) is 24.0 Å². The molecule has 5 nitrogen and oxygen atoms in total. The Labute approximate surface area is 206 Å². The molecule has 1 unspecified atom stereocenters. The van der Waals surface area contributed by atoms with Gasteiger partial charge in [0.15, 0.2) is 9.84 Å². The van der Waals surface area contributed by atoms with Gasteiger partial charge < -0.3 is 5.32 Å². The summed E-state index contributed by atoms with van der Waals surface area (Å²) in [7, 11) is -3.23. The number of amides is 1. The summed E-state index contributed by atoms with van der Waals surface area (Å²) in [6, 6.07) is 13.4. The zero-order valence-electron chi connectivity index (χ0n) is 20.8. The molecule has 0 saturated heterocycles. The summed E-state index contributed by atoms with van der Waals surface area (Å²) in [4.78, 5) is 12.6. The molecule has 0 aliphatic carbocycles. The lowest BCUT2D eigenvalue weighted by Gasteiger charge is -2.12. The van der Waals surface area contributed by atoms with Crippen molar-refractivity contribution in [1.29, 1.82) is 0 Å². The number of unbranched alkanes of at least 4 members (excludes halogenated alkanes) is 9. The molecule has 1 atom stereocenters. The molecule has 2 rings (SSSR count). The number of carbonyl (C=O) groups is 1. The van der Waals surface area contributed by atoms with Crippen LogP contribution in [0.15, 0.2) is 53.4 Å². The fraction of sp³-hybridized carbons (Fsp3) is 0.536. The first-order valence-electron chi connectivity index (χ1n) is 12.7. The van der Waals surface area contributed by atoms with Gasteiger partial charge in [0, 0.05) is 18.4 Å². The third-order valence-corrected chi connectivity index (χ3v) is 7.31. The van der Waals surface area contributed by atoms with Crippen LogP contribution >= 0.6 is 0 Å². The lowest BCUT2D eigenvalue weighted by Crippen LogP contribution is -2.24. The Morgan fingerprint density at radius 2 is 1.35 bits per heavy atom. The Bertz CT molecular complexity index is 954. The summed E-state index contributed by atoms with van der Waals surface area (Å²) >= 11 is 0. The van der Waals surface area contributed by atoms with Gasteiger partial charge in [-0.3, -0.25) is 4.79 Å². The van der Waals surface area contributed by atoms with Gasteiger partial charge in [0.05, 0.1) is 10.9 Å². The van der Waals surface area contributed by atoms with Crippen LogP contribution in [-0.4, -0.2) is 27.1 Å². The Morgan fingerprint density at radius 1 is 0.824 bits per heavy atom. The van der Waals surface area contributed by atoms with Gasteiger partial charge in [0.1, 0.15) is 0 Å². The molecule has 1 amide bonds. The van der Waals surface area contributed by atoms with Crippen LogP contribution in [0.3, 0.4) is 0 Å². The first-order valence-corrected chi connectivity index (χ1v) is 14.6. The molecule has 0 aromatic heterocycles. The highest BCUT2D eigenvalue weighted by molar-refractivity contribution is 7.90. The van der Waals surface area contributed by atoms with E-state index in [1.165, 1.54) is 57.6 Å². The minimum Gasteiger partial charge on any atom is -0.352 e. The second-order valence-electron chi connectivity index (χ2n) is 9.23. The molecule has 2 aromatic rings. The maximum atomic E-state index is 12.4. The highest BCUT2D eigenvalue weighted by Crippen LogP contribution is 2.20. The summed E-state index contributed by atoms with van der Waals surface area (Å²) in [5.74, 6) is -0.0544. The molecule has 0 saturated carbocycles. The molecule has 0 fully saturated rings. The summed E-state index contributed by atoms with van der Waals surface area (Å²) < 4.78 is 23.2. The average Bonchev–Trinajstić information content (AvgIpc) is 2.82. The lowest BCUT2D eigenvalue weighted by atomic mass is 9.99. The Hall–Kier alpha value is -2.18. The Kier molecular flexibility index (Phi) is 12.3. The molecule has 0 heterocycles. The fourth-order valence-corrected chi connectivity index (χ4v) is 4.64. The van der Waals surface area contributed by atoms with Gasteiger partial charge in [-0.1, -0.05) is 89.0 Å². The topological polar surface area (TPSA) is 87.0 Å². The van der Waals surface area contributed by atoms with E-state index in [0.29, 0.717) is 18.5 Å². The van der Waals surface area contributed by atoms with Crippen LogP contribution in [0.2, 0.25) is 0 Å². The van der Waals surface area contributed by atoms with Gasteiger partial charge >= 0.3 is 0 Å². The van der Waals surface area contributed by atoms with Crippen molar-refractivity contribution in [3.05, 3.63) is 65.2 Å². The fourth-order valence-electron chi connectivity index (χ4n) is 4.01. The normalized spacial score (nSPS) is 12.4. The quantitative estimate of drug-likeness (QED) is 0.283. The third kappa shape index (κ3) is 10.4. The summed E-state index contributed by atoms with van der Waals surface area (Å²) in [5.41, 5.74) is 10.8. The number of hydrogen-bond acceptors (Lipinski definition) is 3. The second-order valence-corrected chi connectivity index (χ2v) is 11.2. The summed E-state index contributed by atoms with van der Waals surface area (Å²) in [6.07, 6.45) is 14.4. The minimum absolute atomic E-state index is 0.0544. The van der Waals surface area contributed by atoms with E-state index in [9.17, 15) is 13.2 Å². The van der Waals surface area contributed by atoms with Crippen molar-refractivity contribution in [2.24, 2.45) is 0 Å². The third-order valence-electron chi connectivity index (χ3n) is 6.18. The first kappa shape index (κ1) is 28.1. The molecule has 187 valence electrons. The van der Waals surface area contributed by atoms with E-state index < -0.39 is 15.9 Å². The van der Waals surface area contributed by atoms with Crippen LogP contribution in [0, 0.1) is 0 Å². The molecular weight excluding hydrogens is 444 g/mol. The molecule has 2 N–H and O–H groups in total. The van der Waals surface area contributed by atoms with E-state index in [1.54, 1.807) is 24.3 Å². The van der Waals surface area contributed by atoms with Gasteiger partial charge in [0.2, 0.25) is 0 Å². The van der Waals surface area contributed by atoms with Crippen molar-refractivity contribution in [2.45, 2.75) is 88.5 Å². The lowest BCUT2D eigenvalue weighted by molar-refractivity contribution is 0.0953. The van der Waals surface area contributed by atoms with Gasteiger partial charge in [-0.15, -0.1) is 0 Å². The van der Waals surface area contributed by atoms with E-state index in [-0.39, 0.29) is 10.8 Å². The van der Waals surface area contributed by atoms with E-state index >= 15 is 0 Å². The van der Waals surface area contributed by atoms with Gasteiger partial charge in [0.25, 0.3) is 5.91 Å². The summed E-state index contributed by atoms with van der Waals surface area (Å²) in [6.45, 7) is 2.95. The minimum atomic E-state index is -3.23. The van der Waals surface area contributed by atoms with Crippen LogP contribution in [0.4, 0.5) is 0 Å². The highest BCUT2D eigenvalue weighted by Gasteiger charge is 2.12. The van der Waals surface area contributed by atoms with E-state index in [4.69, 9.17) is 5.73 Å². The number of benzene rings is 2. The maximum Gasteiger partial charge on any atom is 0.251 e. The second kappa shape index (κ2) is 14.9. The maximum absolute atomic E-state index is 12.4. The zero-order chi connectivity index (χ0) is 24.8. The van der Waals surface area contributed by atoms with Crippen molar-refractivity contribution in [2.75, 3.05) is 12.8 Å². The monoisotopic (exact) mass is 485 g/mol. The first-order chi connectivity index (χ1) is 16.3. The zero-order valence-corrected chi connectivity index (χ0v) is 21.6. The van der Waals surface area contributed by atoms with Crippen molar-refractivity contribution < 1.29 is 13.2 Å². The highest BCUT2D eigenvalue weighted by atomic mass is 32.2. The molecule has 0 aliphatic heterocycles.